The number of likely N-dealkylation sites (tertiary alicyclic amines) is 1. The SMILES string of the molecule is CCOC(=O)C1CCCN(CC2(CCN)CC2)C1. The Bertz CT molecular complexity index is 290. The van der Waals surface area contributed by atoms with Gasteiger partial charge in [0, 0.05) is 13.1 Å². The smallest absolute Gasteiger partial charge is 0.310 e. The van der Waals surface area contributed by atoms with Crippen LogP contribution in [0.3, 0.4) is 0 Å². The van der Waals surface area contributed by atoms with Crippen LogP contribution in [0, 0.1) is 11.3 Å². The molecule has 0 amide bonds. The third kappa shape index (κ3) is 3.45. The van der Waals surface area contributed by atoms with Crippen LogP contribution in [0.4, 0.5) is 0 Å². The second kappa shape index (κ2) is 6.02. The summed E-state index contributed by atoms with van der Waals surface area (Å²) < 4.78 is 5.14. The summed E-state index contributed by atoms with van der Waals surface area (Å²) in [5.74, 6) is 0.0817. The maximum Gasteiger partial charge on any atom is 0.310 e. The minimum atomic E-state index is -0.00845. The van der Waals surface area contributed by atoms with Gasteiger partial charge in [-0.05, 0) is 57.5 Å². The second-order valence-electron chi connectivity index (χ2n) is 5.86. The quantitative estimate of drug-likeness (QED) is 0.728. The molecule has 0 aromatic heterocycles. The summed E-state index contributed by atoms with van der Waals surface area (Å²) in [6, 6.07) is 0. The zero-order valence-electron chi connectivity index (χ0n) is 11.5. The molecule has 0 aromatic rings. The fourth-order valence-electron chi connectivity index (χ4n) is 3.10. The monoisotopic (exact) mass is 254 g/mol. The molecule has 104 valence electrons. The van der Waals surface area contributed by atoms with E-state index in [-0.39, 0.29) is 11.9 Å². The molecule has 1 unspecified atom stereocenters. The normalized spacial score (nSPS) is 26.9. The number of carbonyl (C=O) groups excluding carboxylic acids is 1. The average molecular weight is 254 g/mol. The van der Waals surface area contributed by atoms with Crippen LogP contribution in [-0.4, -0.2) is 43.7 Å². The van der Waals surface area contributed by atoms with Gasteiger partial charge in [0.15, 0.2) is 0 Å². The molecule has 2 fully saturated rings. The molecule has 4 heteroatoms. The minimum absolute atomic E-state index is 0.00845. The van der Waals surface area contributed by atoms with E-state index in [4.69, 9.17) is 10.5 Å². The Hall–Kier alpha value is -0.610. The van der Waals surface area contributed by atoms with Crippen molar-refractivity contribution in [1.29, 1.82) is 0 Å². The maximum atomic E-state index is 11.8. The Morgan fingerprint density at radius 1 is 1.50 bits per heavy atom. The van der Waals surface area contributed by atoms with E-state index in [1.807, 2.05) is 6.92 Å². The van der Waals surface area contributed by atoms with E-state index in [9.17, 15) is 4.79 Å². The molecule has 1 aliphatic carbocycles. The van der Waals surface area contributed by atoms with E-state index >= 15 is 0 Å². The van der Waals surface area contributed by atoms with Gasteiger partial charge in [-0.15, -0.1) is 0 Å². The van der Waals surface area contributed by atoms with Crippen LogP contribution in [0.25, 0.3) is 0 Å². The van der Waals surface area contributed by atoms with Crippen LogP contribution in [-0.2, 0) is 9.53 Å². The van der Waals surface area contributed by atoms with Gasteiger partial charge in [0.2, 0.25) is 0 Å². The Morgan fingerprint density at radius 2 is 2.28 bits per heavy atom. The lowest BCUT2D eigenvalue weighted by molar-refractivity contribution is -0.150. The fraction of sp³-hybridized carbons (Fsp3) is 0.929. The molecule has 1 saturated heterocycles. The highest BCUT2D eigenvalue weighted by molar-refractivity contribution is 5.72. The van der Waals surface area contributed by atoms with Gasteiger partial charge in [-0.1, -0.05) is 0 Å². The van der Waals surface area contributed by atoms with Crippen molar-refractivity contribution in [3.8, 4) is 0 Å². The summed E-state index contributed by atoms with van der Waals surface area (Å²) in [4.78, 5) is 14.2. The summed E-state index contributed by atoms with van der Waals surface area (Å²) in [5.41, 5.74) is 6.16. The van der Waals surface area contributed by atoms with Crippen LogP contribution >= 0.6 is 0 Å². The van der Waals surface area contributed by atoms with Crippen LogP contribution in [0.5, 0.6) is 0 Å². The second-order valence-corrected chi connectivity index (χ2v) is 5.86. The van der Waals surface area contributed by atoms with E-state index in [1.54, 1.807) is 0 Å². The molecular weight excluding hydrogens is 228 g/mol. The number of ether oxygens (including phenoxy) is 1. The van der Waals surface area contributed by atoms with Crippen molar-refractivity contribution in [3.05, 3.63) is 0 Å². The van der Waals surface area contributed by atoms with Crippen molar-refractivity contribution in [2.24, 2.45) is 17.1 Å². The zero-order chi connectivity index (χ0) is 13.0. The molecule has 1 aliphatic heterocycles. The summed E-state index contributed by atoms with van der Waals surface area (Å²) in [5, 5.41) is 0. The van der Waals surface area contributed by atoms with Crippen molar-refractivity contribution < 1.29 is 9.53 Å². The predicted molar refractivity (Wildman–Crippen MR) is 71.1 cm³/mol. The number of nitrogens with zero attached hydrogens (tertiary/aromatic N) is 1. The Kier molecular flexibility index (Phi) is 4.62. The number of hydrogen-bond acceptors (Lipinski definition) is 4. The highest BCUT2D eigenvalue weighted by Crippen LogP contribution is 2.49. The standard InChI is InChI=1S/C14H26N2O2/c1-2-18-13(17)12-4-3-9-16(10-12)11-14(5-6-14)7-8-15/h12H,2-11,15H2,1H3. The number of nitrogens with two attached hydrogens (primary N) is 1. The third-order valence-electron chi connectivity index (χ3n) is 4.32. The van der Waals surface area contributed by atoms with Crippen molar-refractivity contribution in [1.82, 2.24) is 4.90 Å². The fourth-order valence-corrected chi connectivity index (χ4v) is 3.10. The maximum absolute atomic E-state index is 11.8. The molecule has 0 spiro atoms. The lowest BCUT2D eigenvalue weighted by Crippen LogP contribution is -2.42. The molecule has 2 rings (SSSR count). The summed E-state index contributed by atoms with van der Waals surface area (Å²) >= 11 is 0. The van der Waals surface area contributed by atoms with Gasteiger partial charge in [0.1, 0.15) is 0 Å². The largest absolute Gasteiger partial charge is 0.466 e. The average Bonchev–Trinajstić information content (AvgIpc) is 3.10. The number of hydrogen-bond donors (Lipinski definition) is 1. The third-order valence-corrected chi connectivity index (χ3v) is 4.32. The molecule has 0 bridgehead atoms. The van der Waals surface area contributed by atoms with Crippen molar-refractivity contribution in [3.63, 3.8) is 0 Å². The lowest BCUT2D eigenvalue weighted by atomic mass is 9.95. The molecule has 2 aliphatic rings. The van der Waals surface area contributed by atoms with Crippen molar-refractivity contribution in [2.75, 3.05) is 32.8 Å². The molecule has 2 N–H and O–H groups in total. The highest BCUT2D eigenvalue weighted by Gasteiger charge is 2.43. The van der Waals surface area contributed by atoms with Gasteiger partial charge in [0.25, 0.3) is 0 Å². The van der Waals surface area contributed by atoms with Gasteiger partial charge >= 0.3 is 5.97 Å². The van der Waals surface area contributed by atoms with Gasteiger partial charge in [0.05, 0.1) is 12.5 Å². The Morgan fingerprint density at radius 3 is 2.89 bits per heavy atom. The van der Waals surface area contributed by atoms with E-state index in [1.165, 1.54) is 12.8 Å². The van der Waals surface area contributed by atoms with Gasteiger partial charge < -0.3 is 15.4 Å². The molecule has 4 nitrogen and oxygen atoms in total. The first-order valence-corrected chi connectivity index (χ1v) is 7.28. The molecular formula is C14H26N2O2. The molecule has 0 radical (unpaired) electrons. The first kappa shape index (κ1) is 13.8. The highest BCUT2D eigenvalue weighted by atomic mass is 16.5. The summed E-state index contributed by atoms with van der Waals surface area (Å²) in [7, 11) is 0. The number of carbonyl (C=O) groups is 1. The predicted octanol–water partition coefficient (Wildman–Crippen LogP) is 1.39. The number of esters is 1. The molecule has 1 saturated carbocycles. The molecule has 18 heavy (non-hydrogen) atoms. The van der Waals surface area contributed by atoms with E-state index in [2.05, 4.69) is 4.90 Å². The minimum Gasteiger partial charge on any atom is -0.466 e. The van der Waals surface area contributed by atoms with Crippen LogP contribution in [0.15, 0.2) is 0 Å². The summed E-state index contributed by atoms with van der Waals surface area (Å²) in [6.07, 6.45) is 5.85. The van der Waals surface area contributed by atoms with Gasteiger partial charge in [-0.25, -0.2) is 0 Å². The molecule has 0 aromatic carbocycles. The van der Waals surface area contributed by atoms with E-state index in [0.717, 1.165) is 45.4 Å². The lowest BCUT2D eigenvalue weighted by Gasteiger charge is -2.34. The van der Waals surface area contributed by atoms with Crippen molar-refractivity contribution >= 4 is 5.97 Å². The van der Waals surface area contributed by atoms with Crippen LogP contribution in [0.1, 0.15) is 39.0 Å². The number of piperidine rings is 1. The Balaban J connectivity index is 1.81. The van der Waals surface area contributed by atoms with E-state index in [0.29, 0.717) is 12.0 Å². The van der Waals surface area contributed by atoms with E-state index < -0.39 is 0 Å². The first-order valence-electron chi connectivity index (χ1n) is 7.28. The summed E-state index contributed by atoms with van der Waals surface area (Å²) in [6.45, 7) is 6.29. The molecule has 1 atom stereocenters. The van der Waals surface area contributed by atoms with Crippen molar-refractivity contribution in [2.45, 2.75) is 39.0 Å². The van der Waals surface area contributed by atoms with Gasteiger partial charge in [-0.2, -0.15) is 0 Å². The van der Waals surface area contributed by atoms with Crippen LogP contribution in [0.2, 0.25) is 0 Å². The van der Waals surface area contributed by atoms with Crippen LogP contribution < -0.4 is 5.73 Å². The molecule has 1 heterocycles. The number of rotatable bonds is 6. The Labute approximate surface area is 110 Å². The van der Waals surface area contributed by atoms with Gasteiger partial charge in [-0.3, -0.25) is 4.79 Å². The zero-order valence-corrected chi connectivity index (χ0v) is 11.5. The first-order chi connectivity index (χ1) is 8.69. The topological polar surface area (TPSA) is 55.6 Å².